The summed E-state index contributed by atoms with van der Waals surface area (Å²) in [4.78, 5) is 12.2. The minimum Gasteiger partial charge on any atom is -0.493 e. The molecule has 0 aromatic heterocycles. The van der Waals surface area contributed by atoms with Gasteiger partial charge in [0.1, 0.15) is 12.4 Å². The molecule has 1 amide bonds. The van der Waals surface area contributed by atoms with Gasteiger partial charge in [-0.1, -0.05) is 42.5 Å². The number of fused-ring (bicyclic) bond motifs is 1. The highest BCUT2D eigenvalue weighted by atomic mass is 16.5. The summed E-state index contributed by atoms with van der Waals surface area (Å²) in [6.07, 6.45) is 1.78. The first kappa shape index (κ1) is 22.9. The Bertz CT molecular complexity index is 1300. The van der Waals surface area contributed by atoms with E-state index in [9.17, 15) is 4.79 Å². The number of benzene rings is 4. The number of hydrazone groups is 1. The molecule has 6 heteroatoms. The van der Waals surface area contributed by atoms with E-state index in [2.05, 4.69) is 40.9 Å². The molecular weight excluding hydrogens is 428 g/mol. The lowest BCUT2D eigenvalue weighted by atomic mass is 10.1. The maximum absolute atomic E-state index is 12.2. The molecule has 4 aromatic carbocycles. The van der Waals surface area contributed by atoms with Gasteiger partial charge in [-0.05, 0) is 69.9 Å². The highest BCUT2D eigenvalue weighted by Gasteiger charge is 2.08. The van der Waals surface area contributed by atoms with E-state index in [0.717, 1.165) is 22.4 Å². The molecule has 0 radical (unpaired) electrons. The monoisotopic (exact) mass is 454 g/mol. The third-order valence-corrected chi connectivity index (χ3v) is 5.31. The molecule has 0 aliphatic carbocycles. The Hall–Kier alpha value is -4.32. The van der Waals surface area contributed by atoms with Crippen LogP contribution in [-0.2, 0) is 17.8 Å². The van der Waals surface area contributed by atoms with Crippen molar-refractivity contribution in [2.75, 3.05) is 14.2 Å². The van der Waals surface area contributed by atoms with Crippen molar-refractivity contribution < 1.29 is 19.0 Å². The number of methoxy groups -OCH3 is 2. The minimum atomic E-state index is -0.223. The highest BCUT2D eigenvalue weighted by molar-refractivity contribution is 5.84. The third kappa shape index (κ3) is 5.92. The number of nitrogens with zero attached hydrogens (tertiary/aromatic N) is 1. The van der Waals surface area contributed by atoms with Crippen molar-refractivity contribution in [3.05, 3.63) is 102 Å². The fourth-order valence-electron chi connectivity index (χ4n) is 3.54. The fourth-order valence-corrected chi connectivity index (χ4v) is 3.54. The van der Waals surface area contributed by atoms with Crippen molar-refractivity contribution in [1.82, 2.24) is 5.43 Å². The summed E-state index contributed by atoms with van der Waals surface area (Å²) in [5.74, 6) is 1.75. The van der Waals surface area contributed by atoms with Crippen LogP contribution in [0.3, 0.4) is 0 Å². The molecule has 0 atom stereocenters. The predicted molar refractivity (Wildman–Crippen MR) is 134 cm³/mol. The Morgan fingerprint density at radius 2 is 1.56 bits per heavy atom. The van der Waals surface area contributed by atoms with Crippen LogP contribution in [0.15, 0.2) is 90.0 Å². The molecule has 0 aliphatic rings. The lowest BCUT2D eigenvalue weighted by molar-refractivity contribution is -0.120. The summed E-state index contributed by atoms with van der Waals surface area (Å²) in [5.41, 5.74) is 5.32. The maximum Gasteiger partial charge on any atom is 0.244 e. The molecule has 6 nitrogen and oxygen atoms in total. The molecule has 0 saturated heterocycles. The number of amides is 1. The molecule has 1 N–H and O–H groups in total. The zero-order chi connectivity index (χ0) is 23.8. The average Bonchev–Trinajstić information content (AvgIpc) is 2.88. The molecule has 0 fully saturated rings. The van der Waals surface area contributed by atoms with Gasteiger partial charge in [-0.2, -0.15) is 5.10 Å². The van der Waals surface area contributed by atoms with Crippen LogP contribution in [0, 0.1) is 0 Å². The summed E-state index contributed by atoms with van der Waals surface area (Å²) in [7, 11) is 3.13. The van der Waals surface area contributed by atoms with Crippen LogP contribution in [0.1, 0.15) is 16.7 Å². The highest BCUT2D eigenvalue weighted by Crippen LogP contribution is 2.27. The van der Waals surface area contributed by atoms with Gasteiger partial charge in [0.05, 0.1) is 26.9 Å². The van der Waals surface area contributed by atoms with Gasteiger partial charge in [-0.25, -0.2) is 5.43 Å². The van der Waals surface area contributed by atoms with E-state index in [0.29, 0.717) is 18.1 Å². The summed E-state index contributed by atoms with van der Waals surface area (Å²) in [6, 6.07) is 27.5. The van der Waals surface area contributed by atoms with Crippen LogP contribution >= 0.6 is 0 Å². The molecule has 0 aliphatic heterocycles. The zero-order valence-electron chi connectivity index (χ0n) is 19.2. The number of rotatable bonds is 9. The van der Waals surface area contributed by atoms with Crippen molar-refractivity contribution in [3.8, 4) is 17.2 Å². The summed E-state index contributed by atoms with van der Waals surface area (Å²) in [5, 5.41) is 6.46. The molecule has 0 heterocycles. The van der Waals surface area contributed by atoms with Gasteiger partial charge in [0.2, 0.25) is 5.91 Å². The van der Waals surface area contributed by atoms with Crippen LogP contribution in [0.25, 0.3) is 10.8 Å². The summed E-state index contributed by atoms with van der Waals surface area (Å²) < 4.78 is 16.4. The summed E-state index contributed by atoms with van der Waals surface area (Å²) >= 11 is 0. The van der Waals surface area contributed by atoms with Crippen molar-refractivity contribution in [2.45, 2.75) is 13.0 Å². The molecule has 0 spiro atoms. The number of carbonyl (C=O) groups excluding carboxylic acids is 1. The van der Waals surface area contributed by atoms with Crippen molar-refractivity contribution in [2.24, 2.45) is 5.10 Å². The average molecular weight is 455 g/mol. The van der Waals surface area contributed by atoms with Crippen LogP contribution in [0.2, 0.25) is 0 Å². The van der Waals surface area contributed by atoms with Crippen molar-refractivity contribution >= 4 is 22.9 Å². The number of hydrogen-bond donors (Lipinski definition) is 1. The second kappa shape index (κ2) is 11.0. The predicted octanol–water partition coefficient (Wildman–Crippen LogP) is 5.13. The van der Waals surface area contributed by atoms with E-state index in [1.54, 1.807) is 32.6 Å². The van der Waals surface area contributed by atoms with E-state index in [-0.39, 0.29) is 12.3 Å². The molecule has 34 heavy (non-hydrogen) atoms. The van der Waals surface area contributed by atoms with Gasteiger partial charge >= 0.3 is 0 Å². The third-order valence-electron chi connectivity index (χ3n) is 5.31. The first-order chi connectivity index (χ1) is 16.6. The Morgan fingerprint density at radius 1 is 0.824 bits per heavy atom. The Balaban J connectivity index is 1.27. The van der Waals surface area contributed by atoms with E-state index >= 15 is 0 Å². The number of ether oxygens (including phenoxy) is 3. The largest absolute Gasteiger partial charge is 0.493 e. The van der Waals surface area contributed by atoms with E-state index in [4.69, 9.17) is 14.2 Å². The minimum absolute atomic E-state index is 0.180. The van der Waals surface area contributed by atoms with Crippen molar-refractivity contribution in [1.29, 1.82) is 0 Å². The Labute approximate surface area is 198 Å². The first-order valence-electron chi connectivity index (χ1n) is 10.9. The molecule has 0 bridgehead atoms. The lowest BCUT2D eigenvalue weighted by Gasteiger charge is -2.09. The van der Waals surface area contributed by atoms with Crippen LogP contribution < -0.4 is 19.6 Å². The molecule has 172 valence electrons. The smallest absolute Gasteiger partial charge is 0.244 e. The molecule has 0 unspecified atom stereocenters. The van der Waals surface area contributed by atoms with Crippen LogP contribution in [-0.4, -0.2) is 26.3 Å². The zero-order valence-corrected chi connectivity index (χ0v) is 19.2. The SMILES string of the molecule is COc1ccc(CC(=O)N/N=C\c2ccc(OCc3ccc4ccccc4c3)cc2)cc1OC. The molecule has 4 rings (SSSR count). The number of nitrogens with one attached hydrogen (secondary N) is 1. The maximum atomic E-state index is 12.2. The van der Waals surface area contributed by atoms with Crippen LogP contribution in [0.5, 0.6) is 17.2 Å². The standard InChI is InChI=1S/C28H26N2O4/c1-32-26-14-10-21(16-27(26)33-2)17-28(31)30-29-18-20-8-12-25(13-9-20)34-19-22-7-11-23-5-3-4-6-24(23)15-22/h3-16,18H,17,19H2,1-2H3,(H,30,31)/b29-18-. The topological polar surface area (TPSA) is 69.2 Å². The Kier molecular flexibility index (Phi) is 7.40. The Morgan fingerprint density at radius 3 is 2.32 bits per heavy atom. The lowest BCUT2D eigenvalue weighted by Crippen LogP contribution is -2.19. The second-order valence-corrected chi connectivity index (χ2v) is 7.70. The number of carbonyl (C=O) groups is 1. The second-order valence-electron chi connectivity index (χ2n) is 7.70. The molecule has 0 saturated carbocycles. The van der Waals surface area contributed by atoms with Gasteiger partial charge in [0, 0.05) is 0 Å². The van der Waals surface area contributed by atoms with Crippen molar-refractivity contribution in [3.63, 3.8) is 0 Å². The molecule has 4 aromatic rings. The van der Waals surface area contributed by atoms with E-state index in [1.165, 1.54) is 10.8 Å². The quantitative estimate of drug-likeness (QED) is 0.281. The van der Waals surface area contributed by atoms with Gasteiger partial charge in [0.15, 0.2) is 11.5 Å². The van der Waals surface area contributed by atoms with E-state index < -0.39 is 0 Å². The van der Waals surface area contributed by atoms with Gasteiger partial charge in [0.25, 0.3) is 0 Å². The van der Waals surface area contributed by atoms with Crippen LogP contribution in [0.4, 0.5) is 0 Å². The first-order valence-corrected chi connectivity index (χ1v) is 10.9. The fraction of sp³-hybridized carbons (Fsp3) is 0.143. The molecular formula is C28H26N2O4. The van der Waals surface area contributed by atoms with E-state index in [1.807, 2.05) is 42.5 Å². The number of hydrogen-bond acceptors (Lipinski definition) is 5. The summed E-state index contributed by atoms with van der Waals surface area (Å²) in [6.45, 7) is 0.491. The van der Waals surface area contributed by atoms with Gasteiger partial charge in [-0.15, -0.1) is 0 Å². The van der Waals surface area contributed by atoms with Gasteiger partial charge in [-0.3, -0.25) is 4.79 Å². The van der Waals surface area contributed by atoms with Gasteiger partial charge < -0.3 is 14.2 Å². The normalized spacial score (nSPS) is 10.9.